The number of piperidine rings is 1. The molecule has 4 aromatic rings. The van der Waals surface area contributed by atoms with Gasteiger partial charge in [-0.05, 0) is 86.1 Å². The Kier molecular flexibility index (Phi) is 8.73. The van der Waals surface area contributed by atoms with Gasteiger partial charge >= 0.3 is 0 Å². The number of nitrogens with zero attached hydrogens (tertiary/aromatic N) is 5. The second kappa shape index (κ2) is 13.0. The molecular formula is C37H40ClN7O4. The number of benzene rings is 2. The highest BCUT2D eigenvalue weighted by atomic mass is 35.5. The van der Waals surface area contributed by atoms with Gasteiger partial charge in [-0.2, -0.15) is 5.10 Å². The summed E-state index contributed by atoms with van der Waals surface area (Å²) >= 11 is 6.07. The van der Waals surface area contributed by atoms with E-state index in [1.165, 1.54) is 6.92 Å². The molecule has 3 amide bonds. The van der Waals surface area contributed by atoms with Crippen LogP contribution in [0.3, 0.4) is 0 Å². The van der Waals surface area contributed by atoms with Crippen molar-refractivity contribution in [2.45, 2.75) is 84.3 Å². The average Bonchev–Trinajstić information content (AvgIpc) is 3.34. The summed E-state index contributed by atoms with van der Waals surface area (Å²) in [6.07, 6.45) is 8.57. The summed E-state index contributed by atoms with van der Waals surface area (Å²) in [5.74, 6) is -0.00875. The molecule has 0 spiro atoms. The van der Waals surface area contributed by atoms with Crippen LogP contribution in [-0.2, 0) is 27.3 Å². The Morgan fingerprint density at radius 3 is 2.43 bits per heavy atom. The van der Waals surface area contributed by atoms with E-state index < -0.39 is 11.5 Å². The van der Waals surface area contributed by atoms with Crippen molar-refractivity contribution in [3.05, 3.63) is 70.9 Å². The number of nitrogens with one attached hydrogen (secondary N) is 2. The van der Waals surface area contributed by atoms with Crippen LogP contribution in [0.1, 0.15) is 74.2 Å². The van der Waals surface area contributed by atoms with E-state index in [-0.39, 0.29) is 42.0 Å². The summed E-state index contributed by atoms with van der Waals surface area (Å²) in [6, 6.07) is 9.89. The number of aromatic nitrogens is 4. The normalized spacial score (nSPS) is 24.2. The summed E-state index contributed by atoms with van der Waals surface area (Å²) < 4.78 is 1.65. The highest BCUT2D eigenvalue weighted by molar-refractivity contribution is 6.30. The summed E-state index contributed by atoms with van der Waals surface area (Å²) in [5, 5.41) is 12.1. The van der Waals surface area contributed by atoms with Crippen LogP contribution in [0.2, 0.25) is 5.02 Å². The molecule has 7 rings (SSSR count). The minimum atomic E-state index is -0.748. The van der Waals surface area contributed by atoms with E-state index in [2.05, 4.69) is 33.6 Å². The van der Waals surface area contributed by atoms with Crippen LogP contribution < -0.4 is 10.6 Å². The van der Waals surface area contributed by atoms with Crippen LogP contribution in [0.25, 0.3) is 22.0 Å². The molecule has 1 aliphatic carbocycles. The van der Waals surface area contributed by atoms with E-state index in [1.54, 1.807) is 46.2 Å². The number of amides is 3. The van der Waals surface area contributed by atoms with Gasteiger partial charge in [0.25, 0.3) is 0 Å². The van der Waals surface area contributed by atoms with Gasteiger partial charge < -0.3 is 15.5 Å². The Labute approximate surface area is 289 Å². The SMILES string of the molecule is CC(=O)c1nn2c3c(cc(-c4cnc(C)nc4)cc13)CCCCCCC(=O)NC[C@@]13C[C@@H](C(=O)Nc4ccc(Cl)cc4)N(C(=O)C2)C1[C@@H]3C. The first kappa shape index (κ1) is 32.9. The van der Waals surface area contributed by atoms with Crippen molar-refractivity contribution in [3.8, 4) is 11.1 Å². The average molecular weight is 682 g/mol. The Morgan fingerprint density at radius 1 is 1.00 bits per heavy atom. The van der Waals surface area contributed by atoms with Gasteiger partial charge in [-0.1, -0.05) is 31.4 Å². The molecule has 2 fully saturated rings. The van der Waals surface area contributed by atoms with Crippen LogP contribution in [0, 0.1) is 18.3 Å². The van der Waals surface area contributed by atoms with E-state index in [4.69, 9.17) is 16.7 Å². The number of aryl methyl sites for hydroxylation is 2. The second-order valence-corrected chi connectivity index (χ2v) is 14.2. The molecule has 4 heterocycles. The van der Waals surface area contributed by atoms with Gasteiger partial charge in [-0.25, -0.2) is 9.97 Å². The minimum absolute atomic E-state index is 0.00453. The molecule has 3 aliphatic rings. The van der Waals surface area contributed by atoms with Crippen LogP contribution in [0.5, 0.6) is 0 Å². The van der Waals surface area contributed by atoms with Gasteiger partial charge in [0.05, 0.1) is 5.52 Å². The fourth-order valence-electron chi connectivity index (χ4n) is 7.99. The Morgan fingerprint density at radius 2 is 1.71 bits per heavy atom. The predicted octanol–water partition coefficient (Wildman–Crippen LogP) is 5.52. The molecular weight excluding hydrogens is 642 g/mol. The molecule has 49 heavy (non-hydrogen) atoms. The number of halogens is 1. The standard InChI is InChI=1S/C37H40ClN7O4/c1-21-35-37(21)16-30(36(49)42-28-12-10-27(38)11-13-28)45(35)32(48)19-44-34-24(8-6-4-5-7-9-31(47)41-20-37)14-25(26-17-39-23(3)40-18-26)15-29(34)33(43-44)22(2)46/h10-15,17-18,21,30,35H,4-9,16,19-20H2,1-3H3,(H,41,47)(H,42,49)/t21-,30-,35?,37+/m0/s1. The van der Waals surface area contributed by atoms with Crippen molar-refractivity contribution >= 4 is 51.7 Å². The van der Waals surface area contributed by atoms with E-state index in [1.807, 2.05) is 13.0 Å². The molecule has 1 saturated heterocycles. The lowest BCUT2D eigenvalue weighted by atomic mass is 9.95. The van der Waals surface area contributed by atoms with Crippen molar-refractivity contribution < 1.29 is 19.2 Å². The van der Waals surface area contributed by atoms with Gasteiger partial charge in [-0.15, -0.1) is 0 Å². The molecule has 1 saturated carbocycles. The number of hydrogen-bond donors (Lipinski definition) is 2. The fourth-order valence-corrected chi connectivity index (χ4v) is 8.11. The molecule has 1 unspecified atom stereocenters. The maximum absolute atomic E-state index is 14.5. The maximum Gasteiger partial charge on any atom is 0.247 e. The molecule has 2 aliphatic heterocycles. The van der Waals surface area contributed by atoms with Gasteiger partial charge in [0.15, 0.2) is 5.78 Å². The van der Waals surface area contributed by atoms with E-state index in [0.717, 1.165) is 47.9 Å². The smallest absolute Gasteiger partial charge is 0.247 e. The molecule has 0 radical (unpaired) electrons. The Balaban J connectivity index is 1.30. The summed E-state index contributed by atoms with van der Waals surface area (Å²) in [7, 11) is 0. The molecule has 12 heteroatoms. The van der Waals surface area contributed by atoms with Crippen molar-refractivity contribution in [1.29, 1.82) is 0 Å². The van der Waals surface area contributed by atoms with Crippen LogP contribution in [0.4, 0.5) is 5.69 Å². The van der Waals surface area contributed by atoms with E-state index in [0.29, 0.717) is 53.4 Å². The van der Waals surface area contributed by atoms with E-state index >= 15 is 0 Å². The number of rotatable bonds is 4. The van der Waals surface area contributed by atoms with Crippen LogP contribution in [0.15, 0.2) is 48.8 Å². The van der Waals surface area contributed by atoms with Crippen molar-refractivity contribution in [2.24, 2.45) is 11.3 Å². The third kappa shape index (κ3) is 6.20. The van der Waals surface area contributed by atoms with Gasteiger partial charge in [0, 0.05) is 65.4 Å². The predicted molar refractivity (Wildman–Crippen MR) is 186 cm³/mol. The zero-order valence-corrected chi connectivity index (χ0v) is 28.7. The van der Waals surface area contributed by atoms with Crippen LogP contribution in [-0.4, -0.2) is 66.8 Å². The fraction of sp³-hybridized carbons (Fsp3) is 0.432. The van der Waals surface area contributed by atoms with Crippen LogP contribution >= 0.6 is 11.6 Å². The first-order chi connectivity index (χ1) is 23.6. The molecule has 11 nitrogen and oxygen atoms in total. The lowest BCUT2D eigenvalue weighted by Gasteiger charge is -2.28. The van der Waals surface area contributed by atoms with Crippen molar-refractivity contribution in [3.63, 3.8) is 0 Å². The third-order valence-electron chi connectivity index (χ3n) is 10.6. The second-order valence-electron chi connectivity index (χ2n) is 13.8. The molecule has 2 aromatic heterocycles. The number of Topliss-reactive ketones (excluding diaryl/α,β-unsaturated/α-hetero) is 1. The maximum atomic E-state index is 14.5. The largest absolute Gasteiger partial charge is 0.355 e. The highest BCUT2D eigenvalue weighted by Crippen LogP contribution is 2.64. The number of ketones is 1. The zero-order valence-electron chi connectivity index (χ0n) is 28.0. The van der Waals surface area contributed by atoms with Crippen molar-refractivity contribution in [2.75, 3.05) is 11.9 Å². The van der Waals surface area contributed by atoms with Gasteiger partial charge in [-0.3, -0.25) is 23.9 Å². The summed E-state index contributed by atoms with van der Waals surface area (Å²) in [6.45, 7) is 5.66. The molecule has 2 N–H and O–H groups in total. The summed E-state index contributed by atoms with van der Waals surface area (Å²) in [5.41, 5.74) is 3.87. The lowest BCUT2D eigenvalue weighted by Crippen LogP contribution is -2.47. The Hall–Kier alpha value is -4.64. The van der Waals surface area contributed by atoms with E-state index in [9.17, 15) is 19.2 Å². The summed E-state index contributed by atoms with van der Waals surface area (Å²) in [4.78, 5) is 64.8. The highest BCUT2D eigenvalue weighted by Gasteiger charge is 2.72. The van der Waals surface area contributed by atoms with Gasteiger partial charge in [0.1, 0.15) is 24.1 Å². The molecule has 2 aromatic carbocycles. The lowest BCUT2D eigenvalue weighted by molar-refractivity contribution is -0.138. The number of hydrogen-bond acceptors (Lipinski definition) is 7. The molecule has 4 atom stereocenters. The molecule has 2 bridgehead atoms. The van der Waals surface area contributed by atoms with Gasteiger partial charge in [0.2, 0.25) is 17.7 Å². The zero-order chi connectivity index (χ0) is 34.4. The Bertz CT molecular complexity index is 1960. The molecule has 254 valence electrons. The third-order valence-corrected chi connectivity index (χ3v) is 10.9. The monoisotopic (exact) mass is 681 g/mol. The quantitative estimate of drug-likeness (QED) is 0.270. The first-order valence-corrected chi connectivity index (χ1v) is 17.4. The first-order valence-electron chi connectivity index (χ1n) is 17.0. The topological polar surface area (TPSA) is 139 Å². The van der Waals surface area contributed by atoms with Crippen molar-refractivity contribution in [1.82, 2.24) is 30.0 Å². The number of carbonyl (C=O) groups excluding carboxylic acids is 4. The number of carbonyl (C=O) groups is 4. The number of anilines is 1. The minimum Gasteiger partial charge on any atom is -0.355 e.